The van der Waals surface area contributed by atoms with Crippen LogP contribution in [-0.4, -0.2) is 15.0 Å². The fourth-order valence-electron chi connectivity index (χ4n) is 2.76. The number of rotatable bonds is 3. The predicted molar refractivity (Wildman–Crippen MR) is 100 cm³/mol. The molecule has 0 fully saturated rings. The standard InChI is InChI=1S/C22H17N3/c1-2-7-17(8-3-1)12-13-18-9-6-11-20-22(18)25-21(24-20)15-14-19-10-4-5-16-23-19/h1-11,16H,14-15H2,(H,24,25). The average molecular weight is 323 g/mol. The molecule has 0 aliphatic carbocycles. The van der Waals surface area contributed by atoms with E-state index in [1.54, 1.807) is 0 Å². The first-order chi connectivity index (χ1) is 12.4. The molecular weight excluding hydrogens is 306 g/mol. The zero-order chi connectivity index (χ0) is 16.9. The number of hydrogen-bond acceptors (Lipinski definition) is 2. The number of imidazole rings is 1. The number of fused-ring (bicyclic) bond motifs is 1. The van der Waals surface area contributed by atoms with E-state index in [4.69, 9.17) is 4.98 Å². The van der Waals surface area contributed by atoms with E-state index in [-0.39, 0.29) is 0 Å². The topological polar surface area (TPSA) is 41.6 Å². The quantitative estimate of drug-likeness (QED) is 0.576. The van der Waals surface area contributed by atoms with E-state index >= 15 is 0 Å². The van der Waals surface area contributed by atoms with E-state index in [0.717, 1.165) is 46.5 Å². The highest BCUT2D eigenvalue weighted by atomic mass is 14.9. The van der Waals surface area contributed by atoms with Crippen molar-refractivity contribution in [1.82, 2.24) is 15.0 Å². The van der Waals surface area contributed by atoms with Crippen LogP contribution in [0.3, 0.4) is 0 Å². The number of aromatic nitrogens is 3. The summed E-state index contributed by atoms with van der Waals surface area (Å²) in [6.07, 6.45) is 3.52. The molecule has 25 heavy (non-hydrogen) atoms. The Morgan fingerprint density at radius 2 is 1.68 bits per heavy atom. The van der Waals surface area contributed by atoms with Gasteiger partial charge in [0.1, 0.15) is 11.3 Å². The lowest BCUT2D eigenvalue weighted by Crippen LogP contribution is -1.95. The Hall–Kier alpha value is -3.38. The maximum absolute atomic E-state index is 4.75. The number of para-hydroxylation sites is 1. The normalized spacial score (nSPS) is 10.4. The molecule has 1 N–H and O–H groups in total. The Morgan fingerprint density at radius 1 is 0.800 bits per heavy atom. The van der Waals surface area contributed by atoms with Crippen molar-refractivity contribution in [3.63, 3.8) is 0 Å². The molecule has 0 aliphatic heterocycles. The molecule has 3 heteroatoms. The van der Waals surface area contributed by atoms with Gasteiger partial charge in [-0.15, -0.1) is 0 Å². The largest absolute Gasteiger partial charge is 0.342 e. The third-order valence-corrected chi connectivity index (χ3v) is 4.02. The van der Waals surface area contributed by atoms with Crippen LogP contribution in [0.4, 0.5) is 0 Å². The lowest BCUT2D eigenvalue weighted by Gasteiger charge is -1.96. The molecule has 0 spiro atoms. The maximum Gasteiger partial charge on any atom is 0.107 e. The molecule has 4 aromatic rings. The predicted octanol–water partition coefficient (Wildman–Crippen LogP) is 4.14. The number of benzene rings is 2. The van der Waals surface area contributed by atoms with Crippen LogP contribution in [0.1, 0.15) is 22.6 Å². The van der Waals surface area contributed by atoms with E-state index in [1.165, 1.54) is 0 Å². The number of hydrogen-bond donors (Lipinski definition) is 1. The average Bonchev–Trinajstić information content (AvgIpc) is 3.10. The summed E-state index contributed by atoms with van der Waals surface area (Å²) in [4.78, 5) is 12.5. The molecule has 2 aromatic heterocycles. The smallest absolute Gasteiger partial charge is 0.107 e. The number of nitrogens with zero attached hydrogens (tertiary/aromatic N) is 2. The third kappa shape index (κ3) is 3.59. The van der Waals surface area contributed by atoms with Crippen LogP contribution < -0.4 is 0 Å². The van der Waals surface area contributed by atoms with E-state index in [0.29, 0.717) is 0 Å². The molecule has 120 valence electrons. The van der Waals surface area contributed by atoms with Crippen LogP contribution in [0.2, 0.25) is 0 Å². The Kier molecular flexibility index (Phi) is 4.26. The molecule has 0 radical (unpaired) electrons. The second kappa shape index (κ2) is 7.02. The summed E-state index contributed by atoms with van der Waals surface area (Å²) in [6.45, 7) is 0. The molecule has 0 amide bonds. The van der Waals surface area contributed by atoms with Crippen molar-refractivity contribution < 1.29 is 0 Å². The van der Waals surface area contributed by atoms with Gasteiger partial charge < -0.3 is 4.98 Å². The van der Waals surface area contributed by atoms with Gasteiger partial charge in [-0.25, -0.2) is 4.98 Å². The number of aromatic amines is 1. The Morgan fingerprint density at radius 3 is 2.52 bits per heavy atom. The van der Waals surface area contributed by atoms with Crippen LogP contribution in [0.25, 0.3) is 11.0 Å². The van der Waals surface area contributed by atoms with Gasteiger partial charge in [-0.1, -0.05) is 42.2 Å². The Bertz CT molecular complexity index is 1040. The van der Waals surface area contributed by atoms with E-state index in [2.05, 4.69) is 21.8 Å². The van der Waals surface area contributed by atoms with Gasteiger partial charge >= 0.3 is 0 Å². The third-order valence-electron chi connectivity index (χ3n) is 4.02. The zero-order valence-corrected chi connectivity index (χ0v) is 13.7. The number of aryl methyl sites for hydroxylation is 2. The molecule has 0 bridgehead atoms. The Labute approximate surface area is 146 Å². The molecule has 0 saturated heterocycles. The van der Waals surface area contributed by atoms with Crippen LogP contribution in [-0.2, 0) is 12.8 Å². The summed E-state index contributed by atoms with van der Waals surface area (Å²) in [7, 11) is 0. The zero-order valence-electron chi connectivity index (χ0n) is 13.7. The number of nitrogens with one attached hydrogen (secondary N) is 1. The van der Waals surface area contributed by atoms with Crippen molar-refractivity contribution in [3.8, 4) is 11.8 Å². The molecular formula is C22H17N3. The summed E-state index contributed by atoms with van der Waals surface area (Å²) in [5.74, 6) is 7.42. The van der Waals surface area contributed by atoms with E-state index < -0.39 is 0 Å². The summed E-state index contributed by atoms with van der Waals surface area (Å²) < 4.78 is 0. The Balaban J connectivity index is 1.59. The SMILES string of the molecule is C(#Cc1cccc2[nH]c(CCc3ccccn3)nc12)c1ccccc1. The molecule has 3 nitrogen and oxygen atoms in total. The minimum Gasteiger partial charge on any atom is -0.342 e. The van der Waals surface area contributed by atoms with Crippen molar-refractivity contribution in [2.24, 2.45) is 0 Å². The van der Waals surface area contributed by atoms with Crippen molar-refractivity contribution >= 4 is 11.0 Å². The van der Waals surface area contributed by atoms with Crippen LogP contribution >= 0.6 is 0 Å². The number of H-pyrrole nitrogens is 1. The van der Waals surface area contributed by atoms with E-state index in [1.807, 2.05) is 72.9 Å². The highest BCUT2D eigenvalue weighted by Gasteiger charge is 2.06. The first kappa shape index (κ1) is 15.2. The lowest BCUT2D eigenvalue weighted by atomic mass is 10.1. The number of pyridine rings is 1. The summed E-state index contributed by atoms with van der Waals surface area (Å²) in [5.41, 5.74) is 4.98. The van der Waals surface area contributed by atoms with Crippen LogP contribution in [0, 0.1) is 11.8 Å². The highest BCUT2D eigenvalue weighted by Crippen LogP contribution is 2.17. The molecule has 0 saturated carbocycles. The minimum absolute atomic E-state index is 0.831. The fraction of sp³-hybridized carbons (Fsp3) is 0.0909. The van der Waals surface area contributed by atoms with Crippen LogP contribution in [0.15, 0.2) is 72.9 Å². The van der Waals surface area contributed by atoms with Crippen LogP contribution in [0.5, 0.6) is 0 Å². The maximum atomic E-state index is 4.75. The van der Waals surface area contributed by atoms with E-state index in [9.17, 15) is 0 Å². The molecule has 0 atom stereocenters. The molecule has 0 aliphatic rings. The monoisotopic (exact) mass is 323 g/mol. The van der Waals surface area contributed by atoms with Gasteiger partial charge in [0, 0.05) is 23.9 Å². The lowest BCUT2D eigenvalue weighted by molar-refractivity contribution is 0.861. The molecule has 4 rings (SSSR count). The van der Waals surface area contributed by atoms with Gasteiger partial charge in [0.15, 0.2) is 0 Å². The first-order valence-corrected chi connectivity index (χ1v) is 8.33. The van der Waals surface area contributed by atoms with Gasteiger partial charge in [0.05, 0.1) is 11.1 Å². The van der Waals surface area contributed by atoms with Crippen molar-refractivity contribution in [2.45, 2.75) is 12.8 Å². The fourth-order valence-corrected chi connectivity index (χ4v) is 2.76. The summed E-state index contributed by atoms with van der Waals surface area (Å²) in [6, 6.07) is 22.1. The van der Waals surface area contributed by atoms with Crippen molar-refractivity contribution in [3.05, 3.63) is 95.6 Å². The molecule has 2 heterocycles. The highest BCUT2D eigenvalue weighted by molar-refractivity contribution is 5.82. The van der Waals surface area contributed by atoms with Gasteiger partial charge in [0.25, 0.3) is 0 Å². The van der Waals surface area contributed by atoms with Gasteiger partial charge in [0.2, 0.25) is 0 Å². The van der Waals surface area contributed by atoms with Crippen molar-refractivity contribution in [2.75, 3.05) is 0 Å². The summed E-state index contributed by atoms with van der Waals surface area (Å²) >= 11 is 0. The van der Waals surface area contributed by atoms with Gasteiger partial charge in [-0.05, 0) is 42.8 Å². The van der Waals surface area contributed by atoms with Crippen molar-refractivity contribution in [1.29, 1.82) is 0 Å². The summed E-state index contributed by atoms with van der Waals surface area (Å²) in [5, 5.41) is 0. The van der Waals surface area contributed by atoms with Gasteiger partial charge in [-0.3, -0.25) is 4.98 Å². The minimum atomic E-state index is 0.831. The molecule has 0 unspecified atom stereocenters. The molecule has 2 aromatic carbocycles. The second-order valence-electron chi connectivity index (χ2n) is 5.82. The van der Waals surface area contributed by atoms with Gasteiger partial charge in [-0.2, -0.15) is 0 Å². The first-order valence-electron chi connectivity index (χ1n) is 8.33. The second-order valence-corrected chi connectivity index (χ2v) is 5.82.